The molecule has 0 bridgehead atoms. The average Bonchev–Trinajstić information content (AvgIpc) is 3.17. The van der Waals surface area contributed by atoms with Crippen molar-refractivity contribution in [2.45, 2.75) is 18.6 Å². The van der Waals surface area contributed by atoms with Crippen LogP contribution in [0.3, 0.4) is 0 Å². The molecule has 3 aliphatic heterocycles. The van der Waals surface area contributed by atoms with Crippen LogP contribution in [-0.4, -0.2) is 22.8 Å². The topological polar surface area (TPSA) is 65.6 Å². The molecule has 0 saturated carbocycles. The molecule has 1 unspecified atom stereocenters. The van der Waals surface area contributed by atoms with Gasteiger partial charge in [0, 0.05) is 5.56 Å². The van der Waals surface area contributed by atoms with Crippen LogP contribution in [0.2, 0.25) is 0 Å². The van der Waals surface area contributed by atoms with E-state index in [-0.39, 0.29) is 24.4 Å². The molecule has 3 heterocycles. The summed E-state index contributed by atoms with van der Waals surface area (Å²) in [4.78, 5) is 28.7. The molecule has 3 aliphatic rings. The van der Waals surface area contributed by atoms with Crippen LogP contribution in [0.5, 0.6) is 0 Å². The molecule has 5 nitrogen and oxygen atoms in total. The van der Waals surface area contributed by atoms with Crippen molar-refractivity contribution in [3.05, 3.63) is 77.5 Å². The van der Waals surface area contributed by atoms with Gasteiger partial charge in [-0.05, 0) is 17.2 Å². The van der Waals surface area contributed by atoms with Crippen molar-refractivity contribution in [2.24, 2.45) is 11.8 Å². The number of carbonyl (C=O) groups excluding carboxylic acids is 2. The minimum absolute atomic E-state index is 0.154. The third-order valence-corrected chi connectivity index (χ3v) is 6.03. The first kappa shape index (κ1) is 16.0. The highest BCUT2D eigenvalue weighted by Crippen LogP contribution is 2.43. The predicted octanol–water partition coefficient (Wildman–Crippen LogP) is 1.30. The number of nitrogens with one attached hydrogen (secondary N) is 1. The van der Waals surface area contributed by atoms with E-state index in [2.05, 4.69) is 6.07 Å². The first-order valence-electron chi connectivity index (χ1n) is 9.13. The van der Waals surface area contributed by atoms with Gasteiger partial charge in [-0.25, -0.2) is 0 Å². The number of amides is 2. The Morgan fingerprint density at radius 3 is 2.44 bits per heavy atom. The van der Waals surface area contributed by atoms with Crippen LogP contribution in [0.15, 0.2) is 60.8 Å². The summed E-state index contributed by atoms with van der Waals surface area (Å²) in [7, 11) is 0. The minimum atomic E-state index is -0.581. The van der Waals surface area contributed by atoms with Crippen LogP contribution in [-0.2, 0) is 16.1 Å². The van der Waals surface area contributed by atoms with Gasteiger partial charge in [-0.2, -0.15) is 5.26 Å². The fourth-order valence-electron chi connectivity index (χ4n) is 4.87. The van der Waals surface area contributed by atoms with E-state index in [0.717, 1.165) is 21.6 Å². The van der Waals surface area contributed by atoms with Crippen molar-refractivity contribution < 1.29 is 14.5 Å². The SMILES string of the molecule is N#C[C@@H]1[C@@H]2C(=O)N(Cc3ccccc3)C(=O)[C@@H]2[C@H]2c3ccccc3C=C[NH+]12. The molecule has 2 aromatic carbocycles. The largest absolute Gasteiger partial charge is 0.287 e. The average molecular weight is 356 g/mol. The summed E-state index contributed by atoms with van der Waals surface area (Å²) in [6, 6.07) is 19.1. The summed E-state index contributed by atoms with van der Waals surface area (Å²) >= 11 is 0. The Morgan fingerprint density at radius 1 is 0.963 bits per heavy atom. The van der Waals surface area contributed by atoms with Gasteiger partial charge in [-0.15, -0.1) is 0 Å². The Hall–Kier alpha value is -3.23. The molecule has 0 spiro atoms. The molecule has 5 heteroatoms. The minimum Gasteiger partial charge on any atom is -0.287 e. The molecule has 0 radical (unpaired) electrons. The molecule has 1 N–H and O–H groups in total. The van der Waals surface area contributed by atoms with Crippen LogP contribution in [0.1, 0.15) is 22.7 Å². The predicted molar refractivity (Wildman–Crippen MR) is 97.6 cm³/mol. The molecule has 2 saturated heterocycles. The maximum atomic E-state index is 13.3. The number of benzene rings is 2. The quantitative estimate of drug-likeness (QED) is 0.825. The molecule has 0 aliphatic carbocycles. The summed E-state index contributed by atoms with van der Waals surface area (Å²) < 4.78 is 0. The maximum Gasteiger partial charge on any atom is 0.240 e. The Balaban J connectivity index is 1.56. The number of quaternary nitrogens is 1. The normalized spacial score (nSPS) is 30.6. The monoisotopic (exact) mass is 356 g/mol. The second-order valence-corrected chi connectivity index (χ2v) is 7.35. The zero-order valence-corrected chi connectivity index (χ0v) is 14.6. The molecular formula is C22H18N3O2+. The number of hydrogen-bond acceptors (Lipinski definition) is 3. The lowest BCUT2D eigenvalue weighted by Gasteiger charge is -2.28. The summed E-state index contributed by atoms with van der Waals surface area (Å²) in [6.07, 6.45) is 3.94. The number of likely N-dealkylation sites (tertiary alicyclic amines) is 1. The van der Waals surface area contributed by atoms with E-state index >= 15 is 0 Å². The molecule has 5 rings (SSSR count). The number of nitriles is 1. The highest BCUT2D eigenvalue weighted by Gasteiger charge is 2.66. The van der Waals surface area contributed by atoms with E-state index in [1.165, 1.54) is 4.90 Å². The number of imide groups is 1. The van der Waals surface area contributed by atoms with Crippen molar-refractivity contribution in [1.82, 2.24) is 4.90 Å². The number of carbonyl (C=O) groups is 2. The lowest BCUT2D eigenvalue weighted by molar-refractivity contribution is -0.886. The Morgan fingerprint density at radius 2 is 1.67 bits per heavy atom. The number of nitrogens with zero attached hydrogens (tertiary/aromatic N) is 2. The van der Waals surface area contributed by atoms with Gasteiger partial charge in [-0.1, -0.05) is 54.6 Å². The van der Waals surface area contributed by atoms with E-state index in [1.54, 1.807) is 0 Å². The van der Waals surface area contributed by atoms with Gasteiger partial charge in [0.15, 0.2) is 6.04 Å². The number of hydrogen-bond donors (Lipinski definition) is 1. The lowest BCUT2D eigenvalue weighted by Crippen LogP contribution is -3.10. The molecule has 2 amide bonds. The Bertz CT molecular complexity index is 1010. The molecule has 27 heavy (non-hydrogen) atoms. The van der Waals surface area contributed by atoms with Gasteiger partial charge in [0.2, 0.25) is 11.8 Å². The van der Waals surface area contributed by atoms with Gasteiger partial charge in [0.05, 0.1) is 12.7 Å². The fraction of sp³-hybridized carbons (Fsp3) is 0.227. The maximum absolute atomic E-state index is 13.3. The molecule has 5 atom stereocenters. The molecule has 2 aromatic rings. The second-order valence-electron chi connectivity index (χ2n) is 7.35. The molecule has 0 aromatic heterocycles. The standard InChI is InChI=1S/C22H17N3O2/c23-12-17-18-19(20-16-9-5-4-8-15(16)10-11-24(17)20)22(27)25(21(18)26)13-14-6-2-1-3-7-14/h1-11,17-20H,13H2/p+1/t17-,18+,19+,20-/m1/s1. The van der Waals surface area contributed by atoms with Crippen molar-refractivity contribution >= 4 is 17.9 Å². The molecular weight excluding hydrogens is 338 g/mol. The Kier molecular flexibility index (Phi) is 3.49. The highest BCUT2D eigenvalue weighted by atomic mass is 16.2. The van der Waals surface area contributed by atoms with Crippen molar-refractivity contribution in [1.29, 1.82) is 5.26 Å². The van der Waals surface area contributed by atoms with Crippen LogP contribution >= 0.6 is 0 Å². The van der Waals surface area contributed by atoms with Gasteiger partial charge in [-0.3, -0.25) is 19.4 Å². The smallest absolute Gasteiger partial charge is 0.240 e. The van der Waals surface area contributed by atoms with Gasteiger partial charge < -0.3 is 0 Å². The fourth-order valence-corrected chi connectivity index (χ4v) is 4.87. The van der Waals surface area contributed by atoms with Crippen LogP contribution in [0, 0.1) is 23.2 Å². The molecule has 132 valence electrons. The van der Waals surface area contributed by atoms with Crippen LogP contribution < -0.4 is 4.90 Å². The van der Waals surface area contributed by atoms with E-state index < -0.39 is 17.9 Å². The van der Waals surface area contributed by atoms with Crippen LogP contribution in [0.4, 0.5) is 0 Å². The summed E-state index contributed by atoms with van der Waals surface area (Å²) in [5.41, 5.74) is 3.02. The van der Waals surface area contributed by atoms with Gasteiger partial charge in [0.1, 0.15) is 23.9 Å². The number of fused-ring (bicyclic) bond motifs is 5. The lowest BCUT2D eigenvalue weighted by atomic mass is 9.85. The van der Waals surface area contributed by atoms with E-state index in [9.17, 15) is 14.9 Å². The third-order valence-electron chi connectivity index (χ3n) is 6.03. The first-order valence-corrected chi connectivity index (χ1v) is 9.13. The Labute approximate surface area is 157 Å². The highest BCUT2D eigenvalue weighted by molar-refractivity contribution is 6.06. The zero-order chi connectivity index (χ0) is 18.5. The number of rotatable bonds is 2. The second kappa shape index (κ2) is 5.90. The van der Waals surface area contributed by atoms with E-state index in [4.69, 9.17) is 0 Å². The van der Waals surface area contributed by atoms with Crippen molar-refractivity contribution in [3.8, 4) is 6.07 Å². The van der Waals surface area contributed by atoms with E-state index in [1.807, 2.05) is 66.9 Å². The van der Waals surface area contributed by atoms with Gasteiger partial charge >= 0.3 is 0 Å². The summed E-state index contributed by atoms with van der Waals surface area (Å²) in [5, 5.41) is 9.79. The summed E-state index contributed by atoms with van der Waals surface area (Å²) in [5.74, 6) is -1.43. The third kappa shape index (κ3) is 2.20. The van der Waals surface area contributed by atoms with Gasteiger partial charge in [0.25, 0.3) is 0 Å². The van der Waals surface area contributed by atoms with E-state index in [0.29, 0.717) is 0 Å². The molecule has 2 fully saturated rings. The zero-order valence-electron chi connectivity index (χ0n) is 14.6. The first-order chi connectivity index (χ1) is 13.2. The van der Waals surface area contributed by atoms with Crippen molar-refractivity contribution in [3.63, 3.8) is 0 Å². The van der Waals surface area contributed by atoms with Crippen LogP contribution in [0.25, 0.3) is 6.08 Å². The van der Waals surface area contributed by atoms with Crippen molar-refractivity contribution in [2.75, 3.05) is 0 Å². The summed E-state index contributed by atoms with van der Waals surface area (Å²) in [6.45, 7) is 0.267.